The smallest absolute Gasteiger partial charge is 0.264 e. The summed E-state index contributed by atoms with van der Waals surface area (Å²) in [7, 11) is 0. The van der Waals surface area contributed by atoms with E-state index in [1.165, 1.54) is 0 Å². The second kappa shape index (κ2) is 4.74. The van der Waals surface area contributed by atoms with E-state index in [4.69, 9.17) is 0 Å². The van der Waals surface area contributed by atoms with E-state index in [1.807, 2.05) is 6.07 Å². The molecule has 1 aliphatic rings. The van der Waals surface area contributed by atoms with Crippen LogP contribution in [0.1, 0.15) is 6.42 Å². The first kappa shape index (κ1) is 11.3. The molecular formula is C11H15F2N3. The number of hydrogen-bond acceptors (Lipinski definition) is 3. The van der Waals surface area contributed by atoms with Crippen molar-refractivity contribution in [3.63, 3.8) is 0 Å². The zero-order valence-electron chi connectivity index (χ0n) is 8.92. The Kier molecular flexibility index (Phi) is 3.33. The van der Waals surface area contributed by atoms with Crippen molar-refractivity contribution in [3.05, 3.63) is 24.4 Å². The lowest BCUT2D eigenvalue weighted by atomic mass is 9.94. The van der Waals surface area contributed by atoms with E-state index in [-0.39, 0.29) is 13.1 Å². The van der Waals surface area contributed by atoms with Crippen LogP contribution in [0.5, 0.6) is 0 Å². The van der Waals surface area contributed by atoms with Crippen LogP contribution >= 0.6 is 0 Å². The van der Waals surface area contributed by atoms with Gasteiger partial charge in [0.15, 0.2) is 0 Å². The maximum absolute atomic E-state index is 13.4. The largest absolute Gasteiger partial charge is 0.370 e. The highest BCUT2D eigenvalue weighted by Crippen LogP contribution is 2.29. The van der Waals surface area contributed by atoms with Crippen LogP contribution in [0.25, 0.3) is 0 Å². The minimum Gasteiger partial charge on any atom is -0.370 e. The third kappa shape index (κ3) is 2.66. The van der Waals surface area contributed by atoms with Crippen molar-refractivity contribution in [3.8, 4) is 0 Å². The number of pyridine rings is 1. The Labute approximate surface area is 93.3 Å². The van der Waals surface area contributed by atoms with Gasteiger partial charge in [0.2, 0.25) is 0 Å². The highest BCUT2D eigenvalue weighted by atomic mass is 19.3. The summed E-state index contributed by atoms with van der Waals surface area (Å²) in [5, 5.41) is 5.66. The van der Waals surface area contributed by atoms with Crippen molar-refractivity contribution in [2.75, 3.05) is 25.0 Å². The van der Waals surface area contributed by atoms with Gasteiger partial charge in [0.1, 0.15) is 5.82 Å². The summed E-state index contributed by atoms with van der Waals surface area (Å²) in [6.45, 7) is 0.706. The van der Waals surface area contributed by atoms with Gasteiger partial charge in [-0.25, -0.2) is 13.8 Å². The molecule has 5 heteroatoms. The van der Waals surface area contributed by atoms with Crippen molar-refractivity contribution in [2.24, 2.45) is 5.92 Å². The maximum atomic E-state index is 13.4. The number of anilines is 1. The van der Waals surface area contributed by atoms with Crippen molar-refractivity contribution >= 4 is 5.82 Å². The number of halogens is 2. The summed E-state index contributed by atoms with van der Waals surface area (Å²) in [6, 6.07) is 5.40. The lowest BCUT2D eigenvalue weighted by Crippen LogP contribution is -2.48. The fraction of sp³-hybridized carbons (Fsp3) is 0.545. The second-order valence-corrected chi connectivity index (χ2v) is 4.02. The molecule has 0 amide bonds. The molecule has 1 aliphatic heterocycles. The average Bonchev–Trinajstić information content (AvgIpc) is 2.28. The van der Waals surface area contributed by atoms with Gasteiger partial charge >= 0.3 is 0 Å². The van der Waals surface area contributed by atoms with Gasteiger partial charge in [0.25, 0.3) is 5.92 Å². The Bertz CT molecular complexity index is 329. The molecule has 16 heavy (non-hydrogen) atoms. The SMILES string of the molecule is FC1(F)CNCC[C@@H]1CNc1ccccn1. The first-order valence-corrected chi connectivity index (χ1v) is 5.42. The fourth-order valence-corrected chi connectivity index (χ4v) is 1.83. The lowest BCUT2D eigenvalue weighted by molar-refractivity contribution is -0.0678. The summed E-state index contributed by atoms with van der Waals surface area (Å²) in [5.41, 5.74) is 0. The monoisotopic (exact) mass is 227 g/mol. The molecule has 0 unspecified atom stereocenters. The summed E-state index contributed by atoms with van der Waals surface area (Å²) >= 11 is 0. The van der Waals surface area contributed by atoms with Crippen molar-refractivity contribution in [1.82, 2.24) is 10.3 Å². The number of alkyl halides is 2. The molecule has 1 atom stereocenters. The Morgan fingerprint density at radius 1 is 1.50 bits per heavy atom. The van der Waals surface area contributed by atoms with Gasteiger partial charge in [-0.1, -0.05) is 6.07 Å². The topological polar surface area (TPSA) is 37.0 Å². The summed E-state index contributed by atoms with van der Waals surface area (Å²) in [5.74, 6) is -2.59. The van der Waals surface area contributed by atoms with E-state index in [0.29, 0.717) is 18.8 Å². The van der Waals surface area contributed by atoms with Gasteiger partial charge < -0.3 is 10.6 Å². The predicted octanol–water partition coefficient (Wildman–Crippen LogP) is 1.74. The van der Waals surface area contributed by atoms with E-state index in [2.05, 4.69) is 15.6 Å². The molecule has 0 radical (unpaired) electrons. The maximum Gasteiger partial charge on any atom is 0.264 e. The zero-order chi connectivity index (χ0) is 11.4. The number of rotatable bonds is 3. The molecule has 2 N–H and O–H groups in total. The summed E-state index contributed by atoms with van der Waals surface area (Å²) in [6.07, 6.45) is 2.13. The Morgan fingerprint density at radius 3 is 3.06 bits per heavy atom. The Hall–Kier alpha value is -1.23. The van der Waals surface area contributed by atoms with E-state index >= 15 is 0 Å². The van der Waals surface area contributed by atoms with E-state index in [9.17, 15) is 8.78 Å². The van der Waals surface area contributed by atoms with Crippen LogP contribution in [0.15, 0.2) is 24.4 Å². The Morgan fingerprint density at radius 2 is 2.38 bits per heavy atom. The lowest BCUT2D eigenvalue weighted by Gasteiger charge is -2.32. The summed E-state index contributed by atoms with van der Waals surface area (Å²) in [4.78, 5) is 4.04. The number of nitrogens with one attached hydrogen (secondary N) is 2. The molecule has 88 valence electrons. The number of nitrogens with zero attached hydrogens (tertiary/aromatic N) is 1. The molecule has 1 fully saturated rings. The number of aromatic nitrogens is 1. The van der Waals surface area contributed by atoms with Crippen molar-refractivity contribution < 1.29 is 8.78 Å². The molecule has 2 rings (SSSR count). The van der Waals surface area contributed by atoms with Crippen LogP contribution in [-0.2, 0) is 0 Å². The molecule has 1 saturated heterocycles. The van der Waals surface area contributed by atoms with Crippen LogP contribution in [0, 0.1) is 5.92 Å². The van der Waals surface area contributed by atoms with Crippen LogP contribution in [0.2, 0.25) is 0 Å². The second-order valence-electron chi connectivity index (χ2n) is 4.02. The number of hydrogen-bond donors (Lipinski definition) is 2. The third-order valence-electron chi connectivity index (χ3n) is 2.82. The highest BCUT2D eigenvalue weighted by molar-refractivity contribution is 5.33. The van der Waals surface area contributed by atoms with Gasteiger partial charge in [-0.15, -0.1) is 0 Å². The molecule has 1 aromatic heterocycles. The molecule has 3 nitrogen and oxygen atoms in total. The molecule has 1 aromatic rings. The van der Waals surface area contributed by atoms with Gasteiger partial charge in [-0.3, -0.25) is 0 Å². The van der Waals surface area contributed by atoms with Gasteiger partial charge in [-0.05, 0) is 25.1 Å². The minimum atomic E-state index is -2.62. The first-order chi connectivity index (χ1) is 7.68. The van der Waals surface area contributed by atoms with E-state index in [0.717, 1.165) is 0 Å². The molecule has 0 aliphatic carbocycles. The van der Waals surface area contributed by atoms with Crippen LogP contribution in [0.3, 0.4) is 0 Å². The third-order valence-corrected chi connectivity index (χ3v) is 2.82. The zero-order valence-corrected chi connectivity index (χ0v) is 8.92. The van der Waals surface area contributed by atoms with E-state index < -0.39 is 11.8 Å². The molecule has 2 heterocycles. The molecular weight excluding hydrogens is 212 g/mol. The molecule has 0 bridgehead atoms. The van der Waals surface area contributed by atoms with Crippen molar-refractivity contribution in [1.29, 1.82) is 0 Å². The standard InChI is InChI=1S/C11H15F2N3/c12-11(13)8-14-6-4-9(11)7-16-10-3-1-2-5-15-10/h1-3,5,9,14H,4,6-8H2,(H,15,16)/t9-/m1/s1. The molecule has 0 saturated carbocycles. The molecule has 0 spiro atoms. The van der Waals surface area contributed by atoms with Gasteiger partial charge in [0.05, 0.1) is 6.54 Å². The van der Waals surface area contributed by atoms with Crippen molar-refractivity contribution in [2.45, 2.75) is 12.3 Å². The normalized spacial score (nSPS) is 24.0. The Balaban J connectivity index is 1.90. The quantitative estimate of drug-likeness (QED) is 0.825. The number of piperidine rings is 1. The summed E-state index contributed by atoms with van der Waals surface area (Å²) < 4.78 is 26.9. The average molecular weight is 227 g/mol. The fourth-order valence-electron chi connectivity index (χ4n) is 1.83. The van der Waals surface area contributed by atoms with E-state index in [1.54, 1.807) is 18.3 Å². The first-order valence-electron chi connectivity index (χ1n) is 5.42. The predicted molar refractivity (Wildman–Crippen MR) is 58.7 cm³/mol. The highest BCUT2D eigenvalue weighted by Gasteiger charge is 2.41. The van der Waals surface area contributed by atoms with Crippen LogP contribution in [-0.4, -0.2) is 30.5 Å². The van der Waals surface area contributed by atoms with Gasteiger partial charge in [0, 0.05) is 18.7 Å². The minimum absolute atomic E-state index is 0.221. The van der Waals surface area contributed by atoms with Crippen LogP contribution < -0.4 is 10.6 Å². The van der Waals surface area contributed by atoms with Gasteiger partial charge in [-0.2, -0.15) is 0 Å². The van der Waals surface area contributed by atoms with Crippen LogP contribution in [0.4, 0.5) is 14.6 Å². The molecule has 0 aromatic carbocycles.